The third-order valence-corrected chi connectivity index (χ3v) is 4.94. The molecule has 2 aromatic heterocycles. The number of rotatable bonds is 4. The van der Waals surface area contributed by atoms with Crippen molar-refractivity contribution in [3.05, 3.63) is 59.3 Å². The van der Waals surface area contributed by atoms with Crippen LogP contribution in [0.15, 0.2) is 47.6 Å². The molecule has 0 unspecified atom stereocenters. The predicted octanol–water partition coefficient (Wildman–Crippen LogP) is 4.27. The standard InChI is InChI=1S/C19H16N2O2S/c1-12-3-5-14(6-4-12)15-8-16-7-13(2)17(9-20)19(21(16)10-15)24-11-18(22)23/h3-8,10H,11H2,1-2H3,(H,22,23). The second-order valence-corrected chi connectivity index (χ2v) is 6.66. The van der Waals surface area contributed by atoms with Crippen LogP contribution in [0.2, 0.25) is 0 Å². The molecule has 0 aliphatic heterocycles. The number of pyridine rings is 1. The molecule has 0 saturated heterocycles. The van der Waals surface area contributed by atoms with Crippen molar-refractivity contribution in [3.63, 3.8) is 0 Å². The van der Waals surface area contributed by atoms with E-state index in [0.29, 0.717) is 10.6 Å². The fourth-order valence-electron chi connectivity index (χ4n) is 2.66. The molecule has 4 nitrogen and oxygen atoms in total. The van der Waals surface area contributed by atoms with Gasteiger partial charge < -0.3 is 9.51 Å². The number of aryl methyl sites for hydroxylation is 2. The van der Waals surface area contributed by atoms with Gasteiger partial charge in [0.2, 0.25) is 0 Å². The maximum Gasteiger partial charge on any atom is 0.313 e. The molecule has 0 aliphatic carbocycles. The van der Waals surface area contributed by atoms with Gasteiger partial charge in [0, 0.05) is 17.3 Å². The average Bonchev–Trinajstić information content (AvgIpc) is 2.96. The lowest BCUT2D eigenvalue weighted by atomic mass is 10.1. The van der Waals surface area contributed by atoms with E-state index in [2.05, 4.69) is 36.4 Å². The van der Waals surface area contributed by atoms with E-state index in [4.69, 9.17) is 5.11 Å². The van der Waals surface area contributed by atoms with E-state index in [9.17, 15) is 10.1 Å². The second kappa shape index (κ2) is 6.42. The molecule has 5 heteroatoms. The molecule has 1 aromatic carbocycles. The molecule has 0 aliphatic rings. The van der Waals surface area contributed by atoms with Crippen LogP contribution in [0.1, 0.15) is 16.7 Å². The number of aromatic nitrogens is 1. The van der Waals surface area contributed by atoms with E-state index in [1.54, 1.807) is 0 Å². The first-order valence-corrected chi connectivity index (χ1v) is 8.45. The Bertz CT molecular complexity index is 966. The summed E-state index contributed by atoms with van der Waals surface area (Å²) in [5, 5.41) is 19.1. The molecule has 0 radical (unpaired) electrons. The molecular weight excluding hydrogens is 320 g/mol. The lowest BCUT2D eigenvalue weighted by Crippen LogP contribution is -2.02. The van der Waals surface area contributed by atoms with E-state index < -0.39 is 5.97 Å². The third kappa shape index (κ3) is 3.01. The molecule has 0 bridgehead atoms. The van der Waals surface area contributed by atoms with Crippen molar-refractivity contribution in [2.45, 2.75) is 18.9 Å². The van der Waals surface area contributed by atoms with Crippen molar-refractivity contribution >= 4 is 23.2 Å². The zero-order valence-electron chi connectivity index (χ0n) is 13.4. The van der Waals surface area contributed by atoms with Crippen molar-refractivity contribution in [2.24, 2.45) is 0 Å². The smallest absolute Gasteiger partial charge is 0.313 e. The van der Waals surface area contributed by atoms with Crippen LogP contribution in [0.4, 0.5) is 0 Å². The van der Waals surface area contributed by atoms with Crippen LogP contribution in [0.25, 0.3) is 16.6 Å². The number of thioether (sulfide) groups is 1. The van der Waals surface area contributed by atoms with Gasteiger partial charge in [-0.3, -0.25) is 4.79 Å². The largest absolute Gasteiger partial charge is 0.481 e. The van der Waals surface area contributed by atoms with Crippen LogP contribution in [-0.2, 0) is 4.79 Å². The minimum absolute atomic E-state index is 0.0781. The molecule has 2 heterocycles. The molecule has 120 valence electrons. The van der Waals surface area contributed by atoms with Gasteiger partial charge in [-0.2, -0.15) is 5.26 Å². The number of benzene rings is 1. The molecular formula is C19H16N2O2S. The second-order valence-electron chi connectivity index (χ2n) is 5.69. The van der Waals surface area contributed by atoms with E-state index in [1.807, 2.05) is 30.5 Å². The Morgan fingerprint density at radius 3 is 2.54 bits per heavy atom. The zero-order chi connectivity index (χ0) is 17.3. The van der Waals surface area contributed by atoms with Crippen molar-refractivity contribution in [1.29, 1.82) is 5.26 Å². The van der Waals surface area contributed by atoms with Gasteiger partial charge in [0.1, 0.15) is 6.07 Å². The predicted molar refractivity (Wildman–Crippen MR) is 95.4 cm³/mol. The number of carboxylic acid groups (broad SMARTS) is 1. The Balaban J connectivity index is 2.17. The quantitative estimate of drug-likeness (QED) is 0.723. The number of hydrogen-bond acceptors (Lipinski definition) is 3. The monoisotopic (exact) mass is 336 g/mol. The van der Waals surface area contributed by atoms with Crippen molar-refractivity contribution < 1.29 is 9.90 Å². The molecule has 1 N–H and O–H groups in total. The lowest BCUT2D eigenvalue weighted by molar-refractivity contribution is -0.133. The van der Waals surface area contributed by atoms with Gasteiger partial charge in [-0.25, -0.2) is 0 Å². The van der Waals surface area contributed by atoms with Crippen LogP contribution in [-0.4, -0.2) is 21.2 Å². The van der Waals surface area contributed by atoms with Crippen molar-refractivity contribution in [3.8, 4) is 17.2 Å². The van der Waals surface area contributed by atoms with Gasteiger partial charge in [0.05, 0.1) is 16.3 Å². The van der Waals surface area contributed by atoms with Gasteiger partial charge in [-0.15, -0.1) is 0 Å². The number of carboxylic acids is 1. The van der Waals surface area contributed by atoms with Crippen LogP contribution < -0.4 is 0 Å². The molecule has 0 amide bonds. The highest BCUT2D eigenvalue weighted by Crippen LogP contribution is 2.31. The fraction of sp³-hybridized carbons (Fsp3) is 0.158. The molecule has 0 spiro atoms. The maximum absolute atomic E-state index is 10.9. The maximum atomic E-state index is 10.9. The summed E-state index contributed by atoms with van der Waals surface area (Å²) >= 11 is 1.18. The third-order valence-electron chi connectivity index (χ3n) is 3.87. The summed E-state index contributed by atoms with van der Waals surface area (Å²) in [5.41, 5.74) is 5.67. The number of nitriles is 1. The van der Waals surface area contributed by atoms with Crippen molar-refractivity contribution in [1.82, 2.24) is 4.40 Å². The highest BCUT2D eigenvalue weighted by Gasteiger charge is 2.15. The fourth-order valence-corrected chi connectivity index (χ4v) is 3.57. The average molecular weight is 336 g/mol. The van der Waals surface area contributed by atoms with Crippen molar-refractivity contribution in [2.75, 3.05) is 5.75 Å². The molecule has 0 fully saturated rings. The summed E-state index contributed by atoms with van der Waals surface area (Å²) in [7, 11) is 0. The highest BCUT2D eigenvalue weighted by molar-refractivity contribution is 8.00. The van der Waals surface area contributed by atoms with E-state index in [1.165, 1.54) is 17.3 Å². The van der Waals surface area contributed by atoms with Crippen LogP contribution in [0.3, 0.4) is 0 Å². The SMILES string of the molecule is Cc1ccc(-c2cc3cc(C)c(C#N)c(SCC(=O)O)n3c2)cc1. The van der Waals surface area contributed by atoms with Gasteiger partial charge >= 0.3 is 5.97 Å². The molecule has 3 rings (SSSR count). The van der Waals surface area contributed by atoms with Gasteiger partial charge in [0.15, 0.2) is 0 Å². The number of carbonyl (C=O) groups is 1. The topological polar surface area (TPSA) is 65.5 Å². The number of fused-ring (bicyclic) bond motifs is 1. The van der Waals surface area contributed by atoms with Gasteiger partial charge in [-0.1, -0.05) is 41.6 Å². The van der Waals surface area contributed by atoms with Crippen LogP contribution in [0, 0.1) is 25.2 Å². The first-order chi connectivity index (χ1) is 11.5. The Morgan fingerprint density at radius 2 is 1.92 bits per heavy atom. The van der Waals surface area contributed by atoms with Crippen LogP contribution >= 0.6 is 11.8 Å². The Hall–Kier alpha value is -2.71. The van der Waals surface area contributed by atoms with E-state index in [0.717, 1.165) is 22.2 Å². The van der Waals surface area contributed by atoms with E-state index in [-0.39, 0.29) is 5.75 Å². The minimum atomic E-state index is -0.899. The number of aliphatic carboxylic acids is 1. The van der Waals surface area contributed by atoms with Crippen LogP contribution in [0.5, 0.6) is 0 Å². The Morgan fingerprint density at radius 1 is 1.21 bits per heavy atom. The van der Waals surface area contributed by atoms with Gasteiger partial charge in [0.25, 0.3) is 0 Å². The summed E-state index contributed by atoms with van der Waals surface area (Å²) < 4.78 is 1.91. The summed E-state index contributed by atoms with van der Waals surface area (Å²) in [6.07, 6.45) is 1.96. The highest BCUT2D eigenvalue weighted by atomic mass is 32.2. The minimum Gasteiger partial charge on any atom is -0.481 e. The first-order valence-electron chi connectivity index (χ1n) is 7.47. The normalized spacial score (nSPS) is 10.7. The summed E-state index contributed by atoms with van der Waals surface area (Å²) in [5.74, 6) is -0.977. The summed E-state index contributed by atoms with van der Waals surface area (Å²) in [6.45, 7) is 3.92. The lowest BCUT2D eigenvalue weighted by Gasteiger charge is -2.09. The molecule has 0 atom stereocenters. The Kier molecular flexibility index (Phi) is 4.32. The summed E-state index contributed by atoms with van der Waals surface area (Å²) in [6, 6.07) is 14.5. The first kappa shape index (κ1) is 16.2. The molecule has 0 saturated carbocycles. The van der Waals surface area contributed by atoms with Gasteiger partial charge in [-0.05, 0) is 37.1 Å². The van der Waals surface area contributed by atoms with E-state index >= 15 is 0 Å². The number of hydrogen-bond donors (Lipinski definition) is 1. The molecule has 3 aromatic rings. The number of nitrogens with zero attached hydrogens (tertiary/aromatic N) is 2. The summed E-state index contributed by atoms with van der Waals surface area (Å²) in [4.78, 5) is 10.9. The zero-order valence-corrected chi connectivity index (χ0v) is 14.2. The Labute approximate surface area is 144 Å². The molecule has 24 heavy (non-hydrogen) atoms.